The lowest BCUT2D eigenvalue weighted by Crippen LogP contribution is -1.89. The summed E-state index contributed by atoms with van der Waals surface area (Å²) in [5, 5.41) is 2.68. The Hall–Kier alpha value is -1.24. The molecule has 0 aliphatic carbocycles. The van der Waals surface area contributed by atoms with Gasteiger partial charge in [0, 0.05) is 6.07 Å². The van der Waals surface area contributed by atoms with Gasteiger partial charge >= 0.3 is 0 Å². The summed E-state index contributed by atoms with van der Waals surface area (Å²) in [4.78, 5) is 16.3. The third kappa shape index (κ3) is 2.92. The van der Waals surface area contributed by atoms with E-state index in [0.29, 0.717) is 10.3 Å². The quantitative estimate of drug-likeness (QED) is 0.445. The van der Waals surface area contributed by atoms with Gasteiger partial charge in [0.05, 0.1) is 11.0 Å². The summed E-state index contributed by atoms with van der Waals surface area (Å²) in [5.74, 6) is 0. The Labute approximate surface area is 129 Å². The lowest BCUT2D eigenvalue weighted by atomic mass is 10.2. The van der Waals surface area contributed by atoms with Gasteiger partial charge < -0.3 is 4.98 Å². The second-order valence-corrected chi connectivity index (χ2v) is 6.35. The Balaban J connectivity index is 1.94. The maximum Gasteiger partial charge on any atom is 0.189 e. The minimum absolute atomic E-state index is 0.443. The Morgan fingerprint density at radius 3 is 2.80 bits per heavy atom. The van der Waals surface area contributed by atoms with Crippen LogP contribution in [0, 0.1) is 6.92 Å². The second-order valence-electron chi connectivity index (χ2n) is 4.18. The number of hydrogen-bond donors (Lipinski definition) is 1. The third-order valence-electron chi connectivity index (χ3n) is 2.65. The van der Waals surface area contributed by atoms with Crippen LogP contribution in [-0.4, -0.2) is 26.2 Å². The van der Waals surface area contributed by atoms with E-state index in [2.05, 4.69) is 32.9 Å². The van der Waals surface area contributed by atoms with E-state index in [9.17, 15) is 0 Å². The summed E-state index contributed by atoms with van der Waals surface area (Å²) in [6.07, 6.45) is 1.92. The van der Waals surface area contributed by atoms with Gasteiger partial charge in [-0.05, 0) is 42.6 Å². The van der Waals surface area contributed by atoms with Crippen LogP contribution in [0.4, 0.5) is 0 Å². The number of nitrogens with one attached hydrogen (secondary N) is 1. The van der Waals surface area contributed by atoms with Crippen molar-refractivity contribution in [3.8, 4) is 0 Å². The van der Waals surface area contributed by atoms with Gasteiger partial charge in [-0.2, -0.15) is 0 Å². The molecule has 0 saturated carbocycles. The average molecular weight is 323 g/mol. The molecule has 0 aliphatic heterocycles. The highest BCUT2D eigenvalue weighted by atomic mass is 35.5. The molecular formula is C13H11ClN4S2. The summed E-state index contributed by atoms with van der Waals surface area (Å²) < 4.78 is 0. The van der Waals surface area contributed by atoms with Crippen LogP contribution in [0.15, 0.2) is 39.6 Å². The van der Waals surface area contributed by atoms with Crippen molar-refractivity contribution < 1.29 is 0 Å². The van der Waals surface area contributed by atoms with Gasteiger partial charge in [-0.15, -0.1) is 0 Å². The molecule has 2 aromatic heterocycles. The number of aryl methyl sites for hydroxylation is 1. The molecule has 7 heteroatoms. The maximum absolute atomic E-state index is 5.99. The summed E-state index contributed by atoms with van der Waals surface area (Å²) >= 11 is 8.90. The maximum atomic E-state index is 5.99. The Morgan fingerprint density at radius 1 is 1.15 bits per heavy atom. The lowest BCUT2D eigenvalue weighted by Gasteiger charge is -2.00. The molecule has 0 radical (unpaired) electrons. The van der Waals surface area contributed by atoms with Crippen molar-refractivity contribution in [1.29, 1.82) is 0 Å². The van der Waals surface area contributed by atoms with E-state index in [4.69, 9.17) is 11.6 Å². The minimum Gasteiger partial charge on any atom is -0.333 e. The number of benzene rings is 1. The zero-order valence-electron chi connectivity index (χ0n) is 10.8. The monoisotopic (exact) mass is 322 g/mol. The van der Waals surface area contributed by atoms with Crippen LogP contribution < -0.4 is 0 Å². The molecule has 2 heterocycles. The molecular weight excluding hydrogens is 312 g/mol. The number of aromatic nitrogens is 4. The average Bonchev–Trinajstić information content (AvgIpc) is 2.79. The van der Waals surface area contributed by atoms with Gasteiger partial charge in [0.1, 0.15) is 10.2 Å². The first-order chi connectivity index (χ1) is 9.64. The first-order valence-corrected chi connectivity index (χ1v) is 8.29. The van der Waals surface area contributed by atoms with Crippen LogP contribution in [0.2, 0.25) is 5.15 Å². The predicted octanol–water partition coefficient (Wildman–Crippen LogP) is 4.19. The molecule has 0 spiro atoms. The predicted molar refractivity (Wildman–Crippen MR) is 83.8 cm³/mol. The fraction of sp³-hybridized carbons (Fsp3) is 0.154. The van der Waals surface area contributed by atoms with Crippen molar-refractivity contribution in [3.05, 3.63) is 35.0 Å². The smallest absolute Gasteiger partial charge is 0.189 e. The van der Waals surface area contributed by atoms with Crippen molar-refractivity contribution in [2.24, 2.45) is 0 Å². The van der Waals surface area contributed by atoms with Crippen molar-refractivity contribution >= 4 is 46.2 Å². The van der Waals surface area contributed by atoms with Crippen molar-refractivity contribution in [2.75, 3.05) is 6.26 Å². The van der Waals surface area contributed by atoms with Crippen LogP contribution in [0.25, 0.3) is 11.0 Å². The summed E-state index contributed by atoms with van der Waals surface area (Å²) in [7, 11) is 0. The fourth-order valence-corrected chi connectivity index (χ4v) is 3.31. The van der Waals surface area contributed by atoms with E-state index in [1.165, 1.54) is 29.1 Å². The first-order valence-electron chi connectivity index (χ1n) is 5.87. The number of rotatable bonds is 3. The second kappa shape index (κ2) is 5.63. The van der Waals surface area contributed by atoms with Gasteiger partial charge in [0.2, 0.25) is 0 Å². The van der Waals surface area contributed by atoms with E-state index in [-0.39, 0.29) is 0 Å². The summed E-state index contributed by atoms with van der Waals surface area (Å²) in [5.41, 5.74) is 3.17. The number of H-pyrrole nitrogens is 1. The lowest BCUT2D eigenvalue weighted by molar-refractivity contribution is 0.890. The summed E-state index contributed by atoms with van der Waals surface area (Å²) in [6, 6.07) is 7.87. The van der Waals surface area contributed by atoms with Crippen LogP contribution in [0.1, 0.15) is 5.56 Å². The number of fused-ring (bicyclic) bond motifs is 1. The highest BCUT2D eigenvalue weighted by Gasteiger charge is 2.08. The molecule has 0 saturated heterocycles. The molecule has 3 aromatic rings. The molecule has 0 fully saturated rings. The fourth-order valence-electron chi connectivity index (χ4n) is 1.77. The van der Waals surface area contributed by atoms with Gasteiger partial charge in [0.15, 0.2) is 10.3 Å². The van der Waals surface area contributed by atoms with Crippen LogP contribution >= 0.6 is 35.1 Å². The SMILES string of the molecule is CSc1nc(Cl)cc(Sc2nc3ccc(C)cc3[nH]2)n1. The summed E-state index contributed by atoms with van der Waals surface area (Å²) in [6.45, 7) is 2.06. The van der Waals surface area contributed by atoms with Gasteiger partial charge in [-0.3, -0.25) is 0 Å². The van der Waals surface area contributed by atoms with E-state index >= 15 is 0 Å². The molecule has 0 unspecified atom stereocenters. The molecule has 0 bridgehead atoms. The zero-order valence-corrected chi connectivity index (χ0v) is 13.2. The molecule has 20 heavy (non-hydrogen) atoms. The first kappa shape index (κ1) is 13.7. The molecule has 3 rings (SSSR count). The van der Waals surface area contributed by atoms with Crippen molar-refractivity contribution in [2.45, 2.75) is 22.3 Å². The number of imidazole rings is 1. The van der Waals surface area contributed by atoms with E-state index in [0.717, 1.165) is 21.2 Å². The van der Waals surface area contributed by atoms with Gasteiger partial charge in [-0.1, -0.05) is 29.4 Å². The molecule has 1 N–H and O–H groups in total. The number of thioether (sulfide) groups is 1. The molecule has 4 nitrogen and oxygen atoms in total. The number of aromatic amines is 1. The number of nitrogens with zero attached hydrogens (tertiary/aromatic N) is 3. The molecule has 0 atom stereocenters. The van der Waals surface area contributed by atoms with E-state index < -0.39 is 0 Å². The largest absolute Gasteiger partial charge is 0.333 e. The van der Waals surface area contributed by atoms with Crippen LogP contribution in [0.5, 0.6) is 0 Å². The van der Waals surface area contributed by atoms with Crippen molar-refractivity contribution in [1.82, 2.24) is 19.9 Å². The number of halogens is 1. The molecule has 102 valence electrons. The van der Waals surface area contributed by atoms with Gasteiger partial charge in [0.25, 0.3) is 0 Å². The van der Waals surface area contributed by atoms with E-state index in [1.807, 2.05) is 18.4 Å². The van der Waals surface area contributed by atoms with Crippen molar-refractivity contribution in [3.63, 3.8) is 0 Å². The highest BCUT2D eigenvalue weighted by molar-refractivity contribution is 7.99. The van der Waals surface area contributed by atoms with Gasteiger partial charge in [-0.25, -0.2) is 15.0 Å². The Kier molecular flexibility index (Phi) is 3.87. The molecule has 0 aliphatic rings. The third-order valence-corrected chi connectivity index (χ3v) is 4.20. The topological polar surface area (TPSA) is 54.5 Å². The highest BCUT2D eigenvalue weighted by Crippen LogP contribution is 2.28. The van der Waals surface area contributed by atoms with Crippen LogP contribution in [0.3, 0.4) is 0 Å². The van der Waals surface area contributed by atoms with Crippen LogP contribution in [-0.2, 0) is 0 Å². The standard InChI is InChI=1S/C13H11ClN4S2/c1-7-3-4-8-9(5-7)16-13(15-8)20-11-6-10(14)17-12(18-11)19-2/h3-6H,1-2H3,(H,15,16). The molecule has 1 aromatic carbocycles. The Bertz CT molecular complexity index is 772. The normalized spacial score (nSPS) is 11.2. The zero-order chi connectivity index (χ0) is 14.1. The molecule has 0 amide bonds. The Morgan fingerprint density at radius 2 is 2.00 bits per heavy atom. The van der Waals surface area contributed by atoms with E-state index in [1.54, 1.807) is 6.07 Å². The number of hydrogen-bond acceptors (Lipinski definition) is 5. The minimum atomic E-state index is 0.443.